The molecule has 0 radical (unpaired) electrons. The van der Waals surface area contributed by atoms with Crippen LogP contribution in [0.1, 0.15) is 19.5 Å². The second-order valence-electron chi connectivity index (χ2n) is 3.95. The number of aryl methyl sites for hydroxylation is 1. The molecule has 0 spiro atoms. The van der Waals surface area contributed by atoms with Crippen molar-refractivity contribution < 1.29 is 0 Å². The predicted molar refractivity (Wildman–Crippen MR) is 69.1 cm³/mol. The number of rotatable bonds is 4. The van der Waals surface area contributed by atoms with Crippen molar-refractivity contribution in [3.63, 3.8) is 0 Å². The van der Waals surface area contributed by atoms with Gasteiger partial charge in [-0.3, -0.25) is 0 Å². The highest BCUT2D eigenvalue weighted by Gasteiger charge is 2.11. The molecule has 0 amide bonds. The van der Waals surface area contributed by atoms with Gasteiger partial charge in [0.05, 0.1) is 16.1 Å². The lowest BCUT2D eigenvalue weighted by Gasteiger charge is -2.03. The molecule has 0 aliphatic rings. The van der Waals surface area contributed by atoms with E-state index < -0.39 is 0 Å². The van der Waals surface area contributed by atoms with Gasteiger partial charge < -0.3 is 5.32 Å². The van der Waals surface area contributed by atoms with Crippen molar-refractivity contribution in [1.82, 2.24) is 15.2 Å². The molecule has 2 rings (SSSR count). The summed E-state index contributed by atoms with van der Waals surface area (Å²) in [5.74, 6) is 0.609. The largest absolute Gasteiger partial charge is 0.360 e. The average Bonchev–Trinajstić information content (AvgIpc) is 2.83. The van der Waals surface area contributed by atoms with E-state index in [0.29, 0.717) is 5.92 Å². The third kappa shape index (κ3) is 2.56. The van der Waals surface area contributed by atoms with Gasteiger partial charge in [-0.1, -0.05) is 25.2 Å². The fraction of sp³-hybridized carbons (Fsp3) is 0.500. The summed E-state index contributed by atoms with van der Waals surface area (Å²) >= 11 is 3.19. The second-order valence-corrected chi connectivity index (χ2v) is 5.79. The molecule has 0 aromatic carbocycles. The summed E-state index contributed by atoms with van der Waals surface area (Å²) in [7, 11) is 0. The highest BCUT2D eigenvalue weighted by molar-refractivity contribution is 7.22. The summed E-state index contributed by atoms with van der Waals surface area (Å²) in [4.78, 5) is 5.33. The van der Waals surface area contributed by atoms with E-state index in [1.807, 2.05) is 12.4 Å². The van der Waals surface area contributed by atoms with Crippen LogP contribution >= 0.6 is 22.7 Å². The number of nitrogens with zero attached hydrogens (tertiary/aromatic N) is 3. The molecule has 0 fully saturated rings. The van der Waals surface area contributed by atoms with Gasteiger partial charge in [-0.15, -0.1) is 21.5 Å². The van der Waals surface area contributed by atoms with Crippen molar-refractivity contribution in [1.29, 1.82) is 0 Å². The van der Waals surface area contributed by atoms with Gasteiger partial charge >= 0.3 is 0 Å². The standard InChI is InChI=1S/C10H14N4S2/c1-6(2)4-11-10-14-13-9(16-10)8-7(3)12-5-15-8/h5-6H,4H2,1-3H3,(H,11,14). The number of aromatic nitrogens is 3. The lowest BCUT2D eigenvalue weighted by Crippen LogP contribution is -2.07. The van der Waals surface area contributed by atoms with Crippen LogP contribution in [0.15, 0.2) is 5.51 Å². The molecular weight excluding hydrogens is 240 g/mol. The lowest BCUT2D eigenvalue weighted by atomic mass is 10.2. The van der Waals surface area contributed by atoms with E-state index in [9.17, 15) is 0 Å². The van der Waals surface area contributed by atoms with Crippen LogP contribution < -0.4 is 5.32 Å². The Morgan fingerprint density at radius 3 is 2.81 bits per heavy atom. The third-order valence-electron chi connectivity index (χ3n) is 2.03. The quantitative estimate of drug-likeness (QED) is 0.911. The summed E-state index contributed by atoms with van der Waals surface area (Å²) in [5, 5.41) is 13.4. The Labute approximate surface area is 103 Å². The zero-order valence-corrected chi connectivity index (χ0v) is 11.2. The van der Waals surface area contributed by atoms with Crippen LogP contribution in [-0.4, -0.2) is 21.7 Å². The fourth-order valence-electron chi connectivity index (χ4n) is 1.19. The summed E-state index contributed by atoms with van der Waals surface area (Å²) in [6.45, 7) is 7.26. The summed E-state index contributed by atoms with van der Waals surface area (Å²) in [6.07, 6.45) is 0. The summed E-state index contributed by atoms with van der Waals surface area (Å²) in [6, 6.07) is 0. The van der Waals surface area contributed by atoms with Crippen molar-refractivity contribution in [2.24, 2.45) is 5.92 Å². The van der Waals surface area contributed by atoms with Gasteiger partial charge in [0.2, 0.25) is 5.13 Å². The molecule has 0 saturated carbocycles. The normalized spacial score (nSPS) is 11.0. The monoisotopic (exact) mass is 254 g/mol. The maximum atomic E-state index is 4.21. The molecule has 6 heteroatoms. The molecule has 16 heavy (non-hydrogen) atoms. The van der Waals surface area contributed by atoms with Crippen LogP contribution in [0.3, 0.4) is 0 Å². The van der Waals surface area contributed by atoms with Crippen molar-refractivity contribution in [3.8, 4) is 9.88 Å². The number of hydrogen-bond acceptors (Lipinski definition) is 6. The zero-order valence-electron chi connectivity index (χ0n) is 9.52. The van der Waals surface area contributed by atoms with Crippen LogP contribution in [0, 0.1) is 12.8 Å². The molecule has 1 N–H and O–H groups in total. The minimum atomic E-state index is 0.609. The molecule has 0 aliphatic heterocycles. The molecule has 0 unspecified atom stereocenters. The maximum Gasteiger partial charge on any atom is 0.206 e. The van der Waals surface area contributed by atoms with Gasteiger partial charge in [0.1, 0.15) is 0 Å². The van der Waals surface area contributed by atoms with Gasteiger partial charge in [-0.25, -0.2) is 4.98 Å². The van der Waals surface area contributed by atoms with Crippen LogP contribution in [0.25, 0.3) is 9.88 Å². The Bertz CT molecular complexity index is 461. The molecule has 0 saturated heterocycles. The maximum absolute atomic E-state index is 4.21. The summed E-state index contributed by atoms with van der Waals surface area (Å²) in [5.41, 5.74) is 2.87. The molecule has 2 aromatic rings. The molecule has 0 aliphatic carbocycles. The Hall–Kier alpha value is -1.01. The number of nitrogens with one attached hydrogen (secondary N) is 1. The van der Waals surface area contributed by atoms with Gasteiger partial charge in [0, 0.05) is 6.54 Å². The molecule has 86 valence electrons. The zero-order chi connectivity index (χ0) is 11.5. The number of hydrogen-bond donors (Lipinski definition) is 1. The van der Waals surface area contributed by atoms with Crippen molar-refractivity contribution in [3.05, 3.63) is 11.2 Å². The van der Waals surface area contributed by atoms with Gasteiger partial charge in [0.25, 0.3) is 0 Å². The van der Waals surface area contributed by atoms with Crippen molar-refractivity contribution >= 4 is 27.8 Å². The number of anilines is 1. The molecule has 0 bridgehead atoms. The Morgan fingerprint density at radius 2 is 2.19 bits per heavy atom. The lowest BCUT2D eigenvalue weighted by molar-refractivity contribution is 0.687. The Balaban J connectivity index is 2.11. The first-order valence-corrected chi connectivity index (χ1v) is 6.84. The molecule has 0 atom stereocenters. The van der Waals surface area contributed by atoms with E-state index in [0.717, 1.165) is 27.3 Å². The van der Waals surface area contributed by atoms with E-state index in [1.165, 1.54) is 0 Å². The molecule has 4 nitrogen and oxygen atoms in total. The average molecular weight is 254 g/mol. The van der Waals surface area contributed by atoms with Crippen molar-refractivity contribution in [2.75, 3.05) is 11.9 Å². The van der Waals surface area contributed by atoms with E-state index in [1.54, 1.807) is 22.7 Å². The SMILES string of the molecule is Cc1ncsc1-c1nnc(NCC(C)C)s1. The van der Waals surface area contributed by atoms with E-state index in [2.05, 4.69) is 34.3 Å². The first-order chi connectivity index (χ1) is 7.66. The van der Waals surface area contributed by atoms with Gasteiger partial charge in [0.15, 0.2) is 5.01 Å². The fourth-order valence-corrected chi connectivity index (χ4v) is 2.88. The van der Waals surface area contributed by atoms with Gasteiger partial charge in [-0.2, -0.15) is 0 Å². The highest BCUT2D eigenvalue weighted by atomic mass is 32.1. The second kappa shape index (κ2) is 4.88. The smallest absolute Gasteiger partial charge is 0.206 e. The molecular formula is C10H14N4S2. The Kier molecular flexibility index (Phi) is 3.50. The van der Waals surface area contributed by atoms with Crippen LogP contribution in [0.4, 0.5) is 5.13 Å². The van der Waals surface area contributed by atoms with Gasteiger partial charge in [-0.05, 0) is 12.8 Å². The van der Waals surface area contributed by atoms with Crippen LogP contribution in [0.5, 0.6) is 0 Å². The van der Waals surface area contributed by atoms with E-state index in [4.69, 9.17) is 0 Å². The van der Waals surface area contributed by atoms with E-state index in [-0.39, 0.29) is 0 Å². The molecule has 2 aromatic heterocycles. The highest BCUT2D eigenvalue weighted by Crippen LogP contribution is 2.31. The van der Waals surface area contributed by atoms with Crippen LogP contribution in [0.2, 0.25) is 0 Å². The molecule has 2 heterocycles. The van der Waals surface area contributed by atoms with E-state index >= 15 is 0 Å². The number of thiazole rings is 1. The summed E-state index contributed by atoms with van der Waals surface area (Å²) < 4.78 is 0. The first-order valence-electron chi connectivity index (χ1n) is 5.14. The van der Waals surface area contributed by atoms with Crippen molar-refractivity contribution in [2.45, 2.75) is 20.8 Å². The predicted octanol–water partition coefficient (Wildman–Crippen LogP) is 3.04. The Morgan fingerprint density at radius 1 is 1.38 bits per heavy atom. The minimum absolute atomic E-state index is 0.609. The first kappa shape index (κ1) is 11.5. The topological polar surface area (TPSA) is 50.7 Å². The third-order valence-corrected chi connectivity index (χ3v) is 3.99. The van der Waals surface area contributed by atoms with Crippen LogP contribution in [-0.2, 0) is 0 Å². The minimum Gasteiger partial charge on any atom is -0.360 e.